The predicted molar refractivity (Wildman–Crippen MR) is 84.4 cm³/mol. The quantitative estimate of drug-likeness (QED) is 0.668. The van der Waals surface area contributed by atoms with E-state index in [4.69, 9.17) is 0 Å². The minimum atomic E-state index is -0.410. The van der Waals surface area contributed by atoms with Gasteiger partial charge in [0.2, 0.25) is 0 Å². The predicted octanol–water partition coefficient (Wildman–Crippen LogP) is 2.33. The molecular formula is C12H20Cl2N4O2. The molecule has 1 aromatic heterocycles. The topological polar surface area (TPSA) is 71.3 Å². The Morgan fingerprint density at radius 1 is 1.45 bits per heavy atom. The number of anilines is 1. The van der Waals surface area contributed by atoms with Crippen molar-refractivity contribution in [3.63, 3.8) is 0 Å². The number of aromatic nitrogens is 1. The molecule has 2 rings (SSSR count). The fourth-order valence-corrected chi connectivity index (χ4v) is 2.31. The van der Waals surface area contributed by atoms with Crippen molar-refractivity contribution in [2.24, 2.45) is 0 Å². The Balaban J connectivity index is 0.00000180. The Kier molecular flexibility index (Phi) is 6.67. The molecule has 0 aliphatic carbocycles. The molecule has 1 aromatic rings. The van der Waals surface area contributed by atoms with Crippen LogP contribution in [0.15, 0.2) is 12.3 Å². The first-order chi connectivity index (χ1) is 8.42. The number of nitrogens with zero attached hydrogens (tertiary/aromatic N) is 3. The molecule has 6 nitrogen and oxygen atoms in total. The molecule has 1 saturated heterocycles. The van der Waals surface area contributed by atoms with E-state index in [1.807, 2.05) is 6.92 Å². The molecule has 1 N–H and O–H groups in total. The molecule has 20 heavy (non-hydrogen) atoms. The summed E-state index contributed by atoms with van der Waals surface area (Å²) in [4.78, 5) is 16.8. The molecular weight excluding hydrogens is 303 g/mol. The smallest absolute Gasteiger partial charge is 0.287 e. The lowest BCUT2D eigenvalue weighted by Crippen LogP contribution is -2.58. The molecule has 0 spiro atoms. The van der Waals surface area contributed by atoms with Gasteiger partial charge in [-0.05, 0) is 26.3 Å². The summed E-state index contributed by atoms with van der Waals surface area (Å²) in [6, 6.07) is 1.58. The molecule has 0 amide bonds. The van der Waals surface area contributed by atoms with Crippen LogP contribution < -0.4 is 10.2 Å². The van der Waals surface area contributed by atoms with E-state index in [1.165, 1.54) is 6.20 Å². The largest absolute Gasteiger partial charge is 0.349 e. The van der Waals surface area contributed by atoms with Gasteiger partial charge in [-0.25, -0.2) is 4.98 Å². The van der Waals surface area contributed by atoms with E-state index in [0.29, 0.717) is 0 Å². The molecule has 1 fully saturated rings. The zero-order chi connectivity index (χ0) is 13.3. The average molecular weight is 323 g/mol. The monoisotopic (exact) mass is 322 g/mol. The highest BCUT2D eigenvalue weighted by molar-refractivity contribution is 5.85. The highest BCUT2D eigenvalue weighted by Gasteiger charge is 2.31. The number of halogens is 2. The van der Waals surface area contributed by atoms with E-state index in [1.54, 1.807) is 6.07 Å². The first kappa shape index (κ1) is 18.9. The summed E-state index contributed by atoms with van der Waals surface area (Å²) in [7, 11) is 0. The number of pyridine rings is 1. The number of piperazine rings is 1. The van der Waals surface area contributed by atoms with Crippen LogP contribution in [0, 0.1) is 17.0 Å². The second-order valence-electron chi connectivity index (χ2n) is 5.23. The molecule has 0 atom stereocenters. The summed E-state index contributed by atoms with van der Waals surface area (Å²) in [5, 5.41) is 14.1. The van der Waals surface area contributed by atoms with Gasteiger partial charge >= 0.3 is 0 Å². The van der Waals surface area contributed by atoms with Crippen LogP contribution in [0.4, 0.5) is 11.5 Å². The van der Waals surface area contributed by atoms with Crippen LogP contribution in [0.1, 0.15) is 19.4 Å². The van der Waals surface area contributed by atoms with Gasteiger partial charge in [-0.2, -0.15) is 0 Å². The SMILES string of the molecule is Cc1cc([N+](=O)[O-])cnc1N1CCNCC1(C)C.Cl.Cl. The maximum absolute atomic E-state index is 10.7. The first-order valence-electron chi connectivity index (χ1n) is 6.01. The van der Waals surface area contributed by atoms with Crippen LogP contribution in [-0.4, -0.2) is 35.1 Å². The van der Waals surface area contributed by atoms with Crippen LogP contribution in [-0.2, 0) is 0 Å². The molecule has 114 valence electrons. The summed E-state index contributed by atoms with van der Waals surface area (Å²) in [6.07, 6.45) is 1.33. The van der Waals surface area contributed by atoms with Crippen LogP contribution in [0.3, 0.4) is 0 Å². The second kappa shape index (κ2) is 7.06. The van der Waals surface area contributed by atoms with Gasteiger partial charge in [0.25, 0.3) is 5.69 Å². The molecule has 0 unspecified atom stereocenters. The zero-order valence-corrected chi connectivity index (χ0v) is 13.4. The minimum Gasteiger partial charge on any atom is -0.349 e. The third-order valence-electron chi connectivity index (χ3n) is 3.30. The van der Waals surface area contributed by atoms with Gasteiger partial charge < -0.3 is 10.2 Å². The van der Waals surface area contributed by atoms with Gasteiger partial charge in [0.15, 0.2) is 0 Å². The van der Waals surface area contributed by atoms with E-state index in [2.05, 4.69) is 29.0 Å². The first-order valence-corrected chi connectivity index (χ1v) is 6.01. The van der Waals surface area contributed by atoms with Crippen molar-refractivity contribution < 1.29 is 4.92 Å². The third-order valence-corrected chi connectivity index (χ3v) is 3.30. The lowest BCUT2D eigenvalue weighted by Gasteiger charge is -2.44. The summed E-state index contributed by atoms with van der Waals surface area (Å²) in [5.41, 5.74) is 0.856. The van der Waals surface area contributed by atoms with Gasteiger partial charge in [0, 0.05) is 31.2 Å². The van der Waals surface area contributed by atoms with Gasteiger partial charge in [-0.15, -0.1) is 24.8 Å². The van der Waals surface area contributed by atoms with Crippen molar-refractivity contribution >= 4 is 36.3 Å². The number of nitrogens with one attached hydrogen (secondary N) is 1. The van der Waals surface area contributed by atoms with E-state index < -0.39 is 4.92 Å². The van der Waals surface area contributed by atoms with Gasteiger partial charge in [0.05, 0.1) is 4.92 Å². The fourth-order valence-electron chi connectivity index (χ4n) is 2.31. The lowest BCUT2D eigenvalue weighted by molar-refractivity contribution is -0.385. The van der Waals surface area contributed by atoms with Crippen LogP contribution in [0.25, 0.3) is 0 Å². The molecule has 0 radical (unpaired) electrons. The highest BCUT2D eigenvalue weighted by Crippen LogP contribution is 2.28. The summed E-state index contributed by atoms with van der Waals surface area (Å²) in [5.74, 6) is 0.840. The Morgan fingerprint density at radius 3 is 2.60 bits per heavy atom. The molecule has 1 aliphatic rings. The molecule has 0 aromatic carbocycles. The number of hydrogen-bond acceptors (Lipinski definition) is 5. The Labute approximate surface area is 130 Å². The maximum Gasteiger partial charge on any atom is 0.287 e. The third kappa shape index (κ3) is 3.71. The normalized spacial score (nSPS) is 16.9. The highest BCUT2D eigenvalue weighted by atomic mass is 35.5. The number of hydrogen-bond donors (Lipinski definition) is 1. The second-order valence-corrected chi connectivity index (χ2v) is 5.23. The van der Waals surface area contributed by atoms with E-state index in [-0.39, 0.29) is 36.0 Å². The summed E-state index contributed by atoms with van der Waals surface area (Å²) >= 11 is 0. The van der Waals surface area contributed by atoms with Crippen LogP contribution >= 0.6 is 24.8 Å². The zero-order valence-electron chi connectivity index (χ0n) is 11.8. The Morgan fingerprint density at radius 2 is 2.10 bits per heavy atom. The summed E-state index contributed by atoms with van der Waals surface area (Å²) in [6.45, 7) is 8.79. The minimum absolute atomic E-state index is 0. The van der Waals surface area contributed by atoms with Crippen molar-refractivity contribution in [2.45, 2.75) is 26.3 Å². The van der Waals surface area contributed by atoms with Gasteiger partial charge in [-0.3, -0.25) is 10.1 Å². The number of rotatable bonds is 2. The van der Waals surface area contributed by atoms with Crippen LogP contribution in [0.5, 0.6) is 0 Å². The van der Waals surface area contributed by atoms with Gasteiger partial charge in [0.1, 0.15) is 12.0 Å². The molecule has 0 bridgehead atoms. The average Bonchev–Trinajstić information content (AvgIpc) is 2.29. The summed E-state index contributed by atoms with van der Waals surface area (Å²) < 4.78 is 0. The van der Waals surface area contributed by atoms with E-state index in [0.717, 1.165) is 31.0 Å². The fraction of sp³-hybridized carbons (Fsp3) is 0.583. The van der Waals surface area contributed by atoms with Crippen molar-refractivity contribution in [3.8, 4) is 0 Å². The number of nitro groups is 1. The maximum atomic E-state index is 10.7. The van der Waals surface area contributed by atoms with Gasteiger partial charge in [-0.1, -0.05) is 0 Å². The van der Waals surface area contributed by atoms with Crippen molar-refractivity contribution in [1.29, 1.82) is 0 Å². The molecule has 1 aliphatic heterocycles. The van der Waals surface area contributed by atoms with E-state index in [9.17, 15) is 10.1 Å². The molecule has 0 saturated carbocycles. The number of aryl methyl sites for hydroxylation is 1. The standard InChI is InChI=1S/C12H18N4O2.2ClH/c1-9-6-10(16(17)18)7-14-11(9)15-5-4-13-8-12(15,2)3;;/h6-7,13H,4-5,8H2,1-3H3;2*1H. The van der Waals surface area contributed by atoms with Crippen LogP contribution in [0.2, 0.25) is 0 Å². The lowest BCUT2D eigenvalue weighted by atomic mass is 9.99. The Hall–Kier alpha value is -1.11. The van der Waals surface area contributed by atoms with E-state index >= 15 is 0 Å². The Bertz CT molecular complexity index is 483. The van der Waals surface area contributed by atoms with Crippen molar-refractivity contribution in [3.05, 3.63) is 27.9 Å². The van der Waals surface area contributed by atoms with Crippen molar-refractivity contribution in [2.75, 3.05) is 24.5 Å². The molecule has 8 heteroatoms. The molecule has 2 heterocycles. The van der Waals surface area contributed by atoms with Crippen molar-refractivity contribution in [1.82, 2.24) is 10.3 Å².